The maximum atomic E-state index is 11.6. The van der Waals surface area contributed by atoms with Gasteiger partial charge in [-0.1, -0.05) is 20.3 Å². The SMILES string of the molecule is CC1(C)CCC(OC(=O)CCCCCN)CC1. The van der Waals surface area contributed by atoms with Gasteiger partial charge in [0.2, 0.25) is 0 Å². The summed E-state index contributed by atoms with van der Waals surface area (Å²) in [6.07, 6.45) is 8.06. The van der Waals surface area contributed by atoms with Crippen LogP contribution in [0.5, 0.6) is 0 Å². The van der Waals surface area contributed by atoms with Gasteiger partial charge in [0, 0.05) is 6.42 Å². The van der Waals surface area contributed by atoms with Crippen LogP contribution in [-0.4, -0.2) is 18.6 Å². The van der Waals surface area contributed by atoms with Crippen molar-refractivity contribution in [2.24, 2.45) is 11.1 Å². The first-order valence-electron chi connectivity index (χ1n) is 6.93. The first-order valence-corrected chi connectivity index (χ1v) is 6.93. The van der Waals surface area contributed by atoms with E-state index in [1.807, 2.05) is 0 Å². The standard InChI is InChI=1S/C14H27NO2/c1-14(2)9-7-12(8-10-14)17-13(16)6-4-3-5-11-15/h12H,3-11,15H2,1-2H3. The molecule has 1 saturated carbocycles. The molecule has 1 rings (SSSR count). The molecule has 0 unspecified atom stereocenters. The second-order valence-electron chi connectivity index (χ2n) is 5.95. The van der Waals surface area contributed by atoms with E-state index in [4.69, 9.17) is 10.5 Å². The van der Waals surface area contributed by atoms with Gasteiger partial charge in [-0.05, 0) is 50.5 Å². The Kier molecular flexibility index (Phi) is 5.96. The van der Waals surface area contributed by atoms with Crippen LogP contribution < -0.4 is 5.73 Å². The molecule has 3 nitrogen and oxygen atoms in total. The fourth-order valence-corrected chi connectivity index (χ4v) is 2.33. The molecule has 0 aromatic heterocycles. The molecule has 1 fully saturated rings. The molecule has 100 valence electrons. The molecule has 0 bridgehead atoms. The topological polar surface area (TPSA) is 52.3 Å². The van der Waals surface area contributed by atoms with Gasteiger partial charge in [0.05, 0.1) is 0 Å². The van der Waals surface area contributed by atoms with Gasteiger partial charge in [-0.2, -0.15) is 0 Å². The van der Waals surface area contributed by atoms with Crippen LogP contribution in [0.1, 0.15) is 65.2 Å². The zero-order valence-corrected chi connectivity index (χ0v) is 11.3. The van der Waals surface area contributed by atoms with Crippen LogP contribution >= 0.6 is 0 Å². The summed E-state index contributed by atoms with van der Waals surface area (Å²) < 4.78 is 5.49. The molecule has 0 saturated heterocycles. The fraction of sp³-hybridized carbons (Fsp3) is 0.929. The molecule has 1 aliphatic carbocycles. The lowest BCUT2D eigenvalue weighted by Crippen LogP contribution is -2.28. The van der Waals surface area contributed by atoms with Crippen molar-refractivity contribution in [3.05, 3.63) is 0 Å². The van der Waals surface area contributed by atoms with Crippen LogP contribution in [0.2, 0.25) is 0 Å². The number of hydrogen-bond donors (Lipinski definition) is 1. The summed E-state index contributed by atoms with van der Waals surface area (Å²) in [4.78, 5) is 11.6. The highest BCUT2D eigenvalue weighted by Gasteiger charge is 2.28. The van der Waals surface area contributed by atoms with E-state index >= 15 is 0 Å². The molecule has 0 radical (unpaired) electrons. The average Bonchev–Trinajstić information content (AvgIpc) is 2.28. The van der Waals surface area contributed by atoms with Crippen molar-refractivity contribution in [2.45, 2.75) is 71.3 Å². The van der Waals surface area contributed by atoms with Gasteiger partial charge in [-0.15, -0.1) is 0 Å². The maximum Gasteiger partial charge on any atom is 0.306 e. The van der Waals surface area contributed by atoms with Crippen molar-refractivity contribution in [3.63, 3.8) is 0 Å². The summed E-state index contributed by atoms with van der Waals surface area (Å²) in [6, 6.07) is 0. The van der Waals surface area contributed by atoms with E-state index in [0.29, 0.717) is 18.4 Å². The van der Waals surface area contributed by atoms with Crippen molar-refractivity contribution < 1.29 is 9.53 Å². The van der Waals surface area contributed by atoms with E-state index in [0.717, 1.165) is 44.9 Å². The zero-order valence-electron chi connectivity index (χ0n) is 11.3. The highest BCUT2D eigenvalue weighted by molar-refractivity contribution is 5.69. The number of nitrogens with two attached hydrogens (primary N) is 1. The normalized spacial score (nSPS) is 20.2. The summed E-state index contributed by atoms with van der Waals surface area (Å²) in [5, 5.41) is 0. The molecule has 2 N–H and O–H groups in total. The van der Waals surface area contributed by atoms with E-state index in [1.165, 1.54) is 0 Å². The highest BCUT2D eigenvalue weighted by Crippen LogP contribution is 2.36. The third-order valence-corrected chi connectivity index (χ3v) is 3.67. The zero-order chi connectivity index (χ0) is 12.7. The van der Waals surface area contributed by atoms with E-state index < -0.39 is 0 Å². The number of carbonyl (C=O) groups is 1. The Morgan fingerprint density at radius 2 is 1.88 bits per heavy atom. The van der Waals surface area contributed by atoms with Crippen LogP contribution in [-0.2, 0) is 9.53 Å². The predicted octanol–water partition coefficient (Wildman–Crippen LogP) is 3.02. The molecule has 3 heteroatoms. The summed E-state index contributed by atoms with van der Waals surface area (Å²) >= 11 is 0. The molecule has 0 spiro atoms. The first-order chi connectivity index (χ1) is 8.03. The smallest absolute Gasteiger partial charge is 0.306 e. The molecule has 0 aromatic rings. The molecule has 17 heavy (non-hydrogen) atoms. The number of carbonyl (C=O) groups excluding carboxylic acids is 1. The Hall–Kier alpha value is -0.570. The van der Waals surface area contributed by atoms with Crippen LogP contribution in [0.25, 0.3) is 0 Å². The second-order valence-corrected chi connectivity index (χ2v) is 5.95. The Labute approximate surface area is 105 Å². The molecular formula is C14H27NO2. The van der Waals surface area contributed by atoms with E-state index in [9.17, 15) is 4.79 Å². The van der Waals surface area contributed by atoms with E-state index in [2.05, 4.69) is 13.8 Å². The van der Waals surface area contributed by atoms with Crippen molar-refractivity contribution in [1.29, 1.82) is 0 Å². The minimum atomic E-state index is -0.0215. The molecule has 0 heterocycles. The molecule has 0 atom stereocenters. The van der Waals surface area contributed by atoms with Crippen LogP contribution in [0.4, 0.5) is 0 Å². The summed E-state index contributed by atoms with van der Waals surface area (Å²) in [6.45, 7) is 5.29. The largest absolute Gasteiger partial charge is 0.462 e. The van der Waals surface area contributed by atoms with Crippen LogP contribution in [0.3, 0.4) is 0 Å². The number of rotatable bonds is 6. The Balaban J connectivity index is 2.11. The van der Waals surface area contributed by atoms with Gasteiger partial charge >= 0.3 is 5.97 Å². The minimum Gasteiger partial charge on any atom is -0.462 e. The third-order valence-electron chi connectivity index (χ3n) is 3.67. The van der Waals surface area contributed by atoms with Crippen LogP contribution in [0, 0.1) is 5.41 Å². The predicted molar refractivity (Wildman–Crippen MR) is 69.7 cm³/mol. The Morgan fingerprint density at radius 3 is 2.47 bits per heavy atom. The number of esters is 1. The maximum absolute atomic E-state index is 11.6. The van der Waals surface area contributed by atoms with E-state index in [-0.39, 0.29) is 12.1 Å². The van der Waals surface area contributed by atoms with Gasteiger partial charge in [-0.25, -0.2) is 0 Å². The van der Waals surface area contributed by atoms with Crippen molar-refractivity contribution in [3.8, 4) is 0 Å². The lowest BCUT2D eigenvalue weighted by atomic mass is 9.76. The molecule has 0 amide bonds. The van der Waals surface area contributed by atoms with Crippen molar-refractivity contribution in [1.82, 2.24) is 0 Å². The second kappa shape index (κ2) is 7.00. The van der Waals surface area contributed by atoms with Gasteiger partial charge < -0.3 is 10.5 Å². The number of unbranched alkanes of at least 4 members (excludes halogenated alkanes) is 2. The minimum absolute atomic E-state index is 0.0215. The van der Waals surface area contributed by atoms with Gasteiger partial charge in [0.1, 0.15) is 6.10 Å². The fourth-order valence-electron chi connectivity index (χ4n) is 2.33. The number of hydrogen-bond acceptors (Lipinski definition) is 3. The van der Waals surface area contributed by atoms with Crippen molar-refractivity contribution >= 4 is 5.97 Å². The monoisotopic (exact) mass is 241 g/mol. The van der Waals surface area contributed by atoms with Crippen molar-refractivity contribution in [2.75, 3.05) is 6.54 Å². The molecule has 0 aromatic carbocycles. The lowest BCUT2D eigenvalue weighted by Gasteiger charge is -2.33. The van der Waals surface area contributed by atoms with Gasteiger partial charge in [0.25, 0.3) is 0 Å². The lowest BCUT2D eigenvalue weighted by molar-refractivity contribution is -0.151. The number of ether oxygens (including phenoxy) is 1. The Morgan fingerprint density at radius 1 is 1.24 bits per heavy atom. The molecule has 0 aliphatic heterocycles. The Bertz CT molecular complexity index is 228. The molecule has 1 aliphatic rings. The summed E-state index contributed by atoms with van der Waals surface area (Å²) in [5.74, 6) is -0.0215. The first kappa shape index (κ1) is 14.5. The average molecular weight is 241 g/mol. The highest BCUT2D eigenvalue weighted by atomic mass is 16.5. The third kappa shape index (κ3) is 6.06. The quantitative estimate of drug-likeness (QED) is 0.574. The van der Waals surface area contributed by atoms with E-state index in [1.54, 1.807) is 0 Å². The van der Waals surface area contributed by atoms with Crippen LogP contribution in [0.15, 0.2) is 0 Å². The molecular weight excluding hydrogens is 214 g/mol. The van der Waals surface area contributed by atoms with Gasteiger partial charge in [-0.3, -0.25) is 4.79 Å². The van der Waals surface area contributed by atoms with Gasteiger partial charge in [0.15, 0.2) is 0 Å². The summed E-state index contributed by atoms with van der Waals surface area (Å²) in [7, 11) is 0. The summed E-state index contributed by atoms with van der Waals surface area (Å²) in [5.41, 5.74) is 5.84.